The second-order valence-corrected chi connectivity index (χ2v) is 3.76. The van der Waals surface area contributed by atoms with Crippen LogP contribution in [0.4, 0.5) is 0 Å². The van der Waals surface area contributed by atoms with Crippen molar-refractivity contribution in [2.75, 3.05) is 6.61 Å². The minimum Gasteiger partial charge on any atom is -0.463 e. The van der Waals surface area contributed by atoms with E-state index in [4.69, 9.17) is 4.74 Å². The fraction of sp³-hybridized carbons (Fsp3) is 0.727. The smallest absolute Gasteiger partial charge is 0.330 e. The Morgan fingerprint density at radius 3 is 3.08 bits per heavy atom. The number of allylic oxidation sites excluding steroid dienone is 1. The number of ether oxygens (including phenoxy) is 1. The van der Waals surface area contributed by atoms with E-state index in [0.717, 1.165) is 18.8 Å². The van der Waals surface area contributed by atoms with Crippen LogP contribution in [0.1, 0.15) is 39.5 Å². The van der Waals surface area contributed by atoms with Crippen LogP contribution in [0.15, 0.2) is 11.6 Å². The summed E-state index contributed by atoms with van der Waals surface area (Å²) in [6.45, 7) is 4.54. The first-order chi connectivity index (χ1) is 6.22. The number of hydrogen-bond donors (Lipinski definition) is 0. The minimum absolute atomic E-state index is 0.174. The molecule has 0 aliphatic heterocycles. The van der Waals surface area contributed by atoms with Crippen molar-refractivity contribution in [3.63, 3.8) is 0 Å². The maximum Gasteiger partial charge on any atom is 0.330 e. The van der Waals surface area contributed by atoms with Gasteiger partial charge in [0.25, 0.3) is 0 Å². The third-order valence-corrected chi connectivity index (χ3v) is 2.41. The van der Waals surface area contributed by atoms with Gasteiger partial charge in [-0.25, -0.2) is 4.79 Å². The molecule has 1 aliphatic rings. The predicted octanol–water partition coefficient (Wildman–Crippen LogP) is 2.69. The second kappa shape index (κ2) is 5.05. The third-order valence-electron chi connectivity index (χ3n) is 2.41. The SMILES string of the molecule is CCOC(=O)/C=C1/CCC[C@@H](C)C1. The molecule has 0 aromatic carbocycles. The Balaban J connectivity index is 2.44. The largest absolute Gasteiger partial charge is 0.463 e. The molecule has 0 saturated heterocycles. The van der Waals surface area contributed by atoms with Crippen LogP contribution >= 0.6 is 0 Å². The van der Waals surface area contributed by atoms with Crippen molar-refractivity contribution in [3.8, 4) is 0 Å². The highest BCUT2D eigenvalue weighted by Crippen LogP contribution is 2.27. The molecule has 2 nitrogen and oxygen atoms in total. The lowest BCUT2D eigenvalue weighted by molar-refractivity contribution is -0.137. The highest BCUT2D eigenvalue weighted by atomic mass is 16.5. The lowest BCUT2D eigenvalue weighted by Crippen LogP contribution is -2.07. The monoisotopic (exact) mass is 182 g/mol. The van der Waals surface area contributed by atoms with Crippen LogP contribution in [0.2, 0.25) is 0 Å². The van der Waals surface area contributed by atoms with Crippen LogP contribution in [0.25, 0.3) is 0 Å². The average Bonchev–Trinajstić information content (AvgIpc) is 2.04. The zero-order valence-corrected chi connectivity index (χ0v) is 8.51. The third kappa shape index (κ3) is 3.62. The normalized spacial score (nSPS) is 26.0. The van der Waals surface area contributed by atoms with Gasteiger partial charge < -0.3 is 4.74 Å². The quantitative estimate of drug-likeness (QED) is 0.485. The van der Waals surface area contributed by atoms with Crippen LogP contribution in [0.3, 0.4) is 0 Å². The van der Waals surface area contributed by atoms with Crippen LogP contribution in [-0.4, -0.2) is 12.6 Å². The molecular weight excluding hydrogens is 164 g/mol. The molecule has 0 N–H and O–H groups in total. The van der Waals surface area contributed by atoms with E-state index < -0.39 is 0 Å². The highest BCUT2D eigenvalue weighted by Gasteiger charge is 2.13. The average molecular weight is 182 g/mol. The van der Waals surface area contributed by atoms with E-state index in [1.807, 2.05) is 6.92 Å². The molecule has 1 fully saturated rings. The van der Waals surface area contributed by atoms with Crippen molar-refractivity contribution < 1.29 is 9.53 Å². The summed E-state index contributed by atoms with van der Waals surface area (Å²) in [5, 5.41) is 0. The first-order valence-corrected chi connectivity index (χ1v) is 5.08. The van der Waals surface area contributed by atoms with Crippen molar-refractivity contribution in [3.05, 3.63) is 11.6 Å². The molecule has 0 bridgehead atoms. The maximum absolute atomic E-state index is 11.1. The standard InChI is InChI=1S/C11H18O2/c1-3-13-11(12)8-10-6-4-5-9(2)7-10/h8-9H,3-7H2,1-2H3/b10-8-/t9-/m1/s1. The summed E-state index contributed by atoms with van der Waals surface area (Å²) in [6.07, 6.45) is 6.33. The van der Waals surface area contributed by atoms with Crippen molar-refractivity contribution in [1.82, 2.24) is 0 Å². The molecule has 0 spiro atoms. The Morgan fingerprint density at radius 1 is 1.69 bits per heavy atom. The van der Waals surface area contributed by atoms with Gasteiger partial charge in [-0.2, -0.15) is 0 Å². The molecule has 0 aromatic heterocycles. The predicted molar refractivity (Wildman–Crippen MR) is 52.3 cm³/mol. The highest BCUT2D eigenvalue weighted by molar-refractivity contribution is 5.82. The molecule has 0 heterocycles. The van der Waals surface area contributed by atoms with Gasteiger partial charge in [0.2, 0.25) is 0 Å². The Morgan fingerprint density at radius 2 is 2.46 bits per heavy atom. The van der Waals surface area contributed by atoms with Gasteiger partial charge in [-0.1, -0.05) is 18.9 Å². The molecule has 0 unspecified atom stereocenters. The van der Waals surface area contributed by atoms with E-state index >= 15 is 0 Å². The molecule has 1 saturated carbocycles. The molecule has 1 atom stereocenters. The number of carbonyl (C=O) groups is 1. The number of carbonyl (C=O) groups excluding carboxylic acids is 1. The van der Waals surface area contributed by atoms with E-state index in [1.165, 1.54) is 18.4 Å². The fourth-order valence-corrected chi connectivity index (χ4v) is 1.81. The van der Waals surface area contributed by atoms with Crippen molar-refractivity contribution in [1.29, 1.82) is 0 Å². The van der Waals surface area contributed by atoms with Crippen molar-refractivity contribution in [2.24, 2.45) is 5.92 Å². The molecule has 2 heteroatoms. The van der Waals surface area contributed by atoms with E-state index in [0.29, 0.717) is 6.61 Å². The van der Waals surface area contributed by atoms with Gasteiger partial charge >= 0.3 is 5.97 Å². The van der Waals surface area contributed by atoms with Gasteiger partial charge in [0, 0.05) is 6.08 Å². The van der Waals surface area contributed by atoms with Crippen molar-refractivity contribution in [2.45, 2.75) is 39.5 Å². The van der Waals surface area contributed by atoms with Crippen LogP contribution in [0.5, 0.6) is 0 Å². The molecule has 13 heavy (non-hydrogen) atoms. The van der Waals surface area contributed by atoms with Gasteiger partial charge in [0.15, 0.2) is 0 Å². The summed E-state index contributed by atoms with van der Waals surface area (Å²) in [4.78, 5) is 11.1. The van der Waals surface area contributed by atoms with E-state index in [-0.39, 0.29) is 5.97 Å². The summed E-state index contributed by atoms with van der Waals surface area (Å²) < 4.78 is 4.86. The van der Waals surface area contributed by atoms with Crippen molar-refractivity contribution >= 4 is 5.97 Å². The molecule has 0 radical (unpaired) electrons. The van der Waals surface area contributed by atoms with Crippen LogP contribution in [-0.2, 0) is 9.53 Å². The van der Waals surface area contributed by atoms with E-state index in [9.17, 15) is 4.79 Å². The van der Waals surface area contributed by atoms with E-state index in [2.05, 4.69) is 6.92 Å². The molecule has 1 rings (SSSR count). The van der Waals surface area contributed by atoms with Gasteiger partial charge in [-0.3, -0.25) is 0 Å². The lowest BCUT2D eigenvalue weighted by Gasteiger charge is -2.19. The fourth-order valence-electron chi connectivity index (χ4n) is 1.81. The summed E-state index contributed by atoms with van der Waals surface area (Å²) in [5.41, 5.74) is 1.26. The second-order valence-electron chi connectivity index (χ2n) is 3.76. The Labute approximate surface area is 80.0 Å². The van der Waals surface area contributed by atoms with Gasteiger partial charge in [0.05, 0.1) is 6.61 Å². The summed E-state index contributed by atoms with van der Waals surface area (Å²) in [5.74, 6) is 0.557. The molecule has 1 aliphatic carbocycles. The number of rotatable bonds is 2. The topological polar surface area (TPSA) is 26.3 Å². The summed E-state index contributed by atoms with van der Waals surface area (Å²) >= 11 is 0. The molecule has 0 aromatic rings. The molecular formula is C11H18O2. The zero-order chi connectivity index (χ0) is 9.68. The Hall–Kier alpha value is -0.790. The summed E-state index contributed by atoms with van der Waals surface area (Å²) in [7, 11) is 0. The first-order valence-electron chi connectivity index (χ1n) is 5.08. The first kappa shape index (κ1) is 10.3. The number of hydrogen-bond acceptors (Lipinski definition) is 2. The zero-order valence-electron chi connectivity index (χ0n) is 8.51. The number of esters is 1. The van der Waals surface area contributed by atoms with Crippen LogP contribution in [0, 0.1) is 5.92 Å². The van der Waals surface area contributed by atoms with Gasteiger partial charge in [-0.05, 0) is 32.1 Å². The van der Waals surface area contributed by atoms with Crippen LogP contribution < -0.4 is 0 Å². The van der Waals surface area contributed by atoms with Gasteiger partial charge in [-0.15, -0.1) is 0 Å². The molecule has 74 valence electrons. The summed E-state index contributed by atoms with van der Waals surface area (Å²) in [6, 6.07) is 0. The Kier molecular flexibility index (Phi) is 4.00. The lowest BCUT2D eigenvalue weighted by atomic mass is 9.87. The minimum atomic E-state index is -0.174. The maximum atomic E-state index is 11.1. The van der Waals surface area contributed by atoms with E-state index in [1.54, 1.807) is 6.08 Å². The van der Waals surface area contributed by atoms with Gasteiger partial charge in [0.1, 0.15) is 0 Å². The molecule has 0 amide bonds. The Bertz CT molecular complexity index is 206.